The van der Waals surface area contributed by atoms with Gasteiger partial charge in [-0.1, -0.05) is 180 Å². The van der Waals surface area contributed by atoms with E-state index < -0.39 is 32.5 Å². The Morgan fingerprint density at radius 1 is 0.471 bits per heavy atom. The number of likely N-dealkylation sites (N-methyl/N-ethyl adjacent to an activating group) is 1. The van der Waals surface area contributed by atoms with Crippen LogP contribution < -0.4 is 0 Å². The molecule has 2 atom stereocenters. The number of unbranched alkanes of at least 4 members (excludes halogenated alkanes) is 12. The zero-order chi connectivity index (χ0) is 49.9. The number of carbonyl (C=O) groups excluding carboxylic acids is 2. The van der Waals surface area contributed by atoms with Gasteiger partial charge in [-0.05, 0) is 109 Å². The molecule has 0 aliphatic rings. The molecular weight excluding hydrogens is 870 g/mol. The molecule has 0 fully saturated rings. The lowest BCUT2D eigenvalue weighted by Gasteiger charge is -2.24. The average molecular weight is 967 g/mol. The molecule has 10 heteroatoms. The Labute approximate surface area is 416 Å². The Bertz CT molecular complexity index is 1560. The van der Waals surface area contributed by atoms with Crippen LogP contribution in [0.25, 0.3) is 0 Å². The highest BCUT2D eigenvalue weighted by Gasteiger charge is 2.27. The van der Waals surface area contributed by atoms with Crippen molar-refractivity contribution in [2.24, 2.45) is 0 Å². The lowest BCUT2D eigenvalue weighted by Crippen LogP contribution is -2.37. The first-order valence-electron chi connectivity index (χ1n) is 26.3. The molecule has 386 valence electrons. The van der Waals surface area contributed by atoms with E-state index in [-0.39, 0.29) is 26.1 Å². The summed E-state index contributed by atoms with van der Waals surface area (Å²) in [4.78, 5) is 35.5. The first kappa shape index (κ1) is 64.4. The quantitative estimate of drug-likeness (QED) is 0.0211. The third-order valence-electron chi connectivity index (χ3n) is 10.5. The van der Waals surface area contributed by atoms with E-state index in [0.717, 1.165) is 116 Å². The van der Waals surface area contributed by atoms with Gasteiger partial charge in [0.2, 0.25) is 0 Å². The van der Waals surface area contributed by atoms with Gasteiger partial charge >= 0.3 is 19.8 Å². The van der Waals surface area contributed by atoms with E-state index in [1.807, 2.05) is 21.1 Å². The monoisotopic (exact) mass is 967 g/mol. The maximum Gasteiger partial charge on any atom is 0.472 e. The first-order chi connectivity index (χ1) is 33.0. The Balaban J connectivity index is 4.32. The fourth-order valence-electron chi connectivity index (χ4n) is 6.41. The summed E-state index contributed by atoms with van der Waals surface area (Å²) < 4.78 is 34.4. The number of esters is 2. The lowest BCUT2D eigenvalue weighted by molar-refractivity contribution is -0.870. The second kappa shape index (κ2) is 48.4. The number of carbonyl (C=O) groups is 2. The number of ether oxygens (including phenoxy) is 2. The largest absolute Gasteiger partial charge is 0.472 e. The number of phosphoric ester groups is 1. The molecule has 0 aromatic rings. The molecule has 0 aliphatic heterocycles. The second-order valence-electron chi connectivity index (χ2n) is 18.2. The van der Waals surface area contributed by atoms with E-state index in [1.165, 1.54) is 32.1 Å². The summed E-state index contributed by atoms with van der Waals surface area (Å²) in [7, 11) is 1.43. The molecule has 68 heavy (non-hydrogen) atoms. The summed E-state index contributed by atoms with van der Waals surface area (Å²) in [6, 6.07) is 0. The highest BCUT2D eigenvalue weighted by Crippen LogP contribution is 2.43. The van der Waals surface area contributed by atoms with Crippen LogP contribution in [-0.4, -0.2) is 74.9 Å². The molecule has 0 bridgehead atoms. The predicted molar refractivity (Wildman–Crippen MR) is 288 cm³/mol. The number of hydrogen-bond acceptors (Lipinski definition) is 7. The number of allylic oxidation sites excluding steroid dienone is 20. The van der Waals surface area contributed by atoms with Gasteiger partial charge in [-0.25, -0.2) is 4.57 Å². The van der Waals surface area contributed by atoms with Crippen molar-refractivity contribution in [3.8, 4) is 0 Å². The van der Waals surface area contributed by atoms with Crippen molar-refractivity contribution in [3.05, 3.63) is 122 Å². The molecule has 0 aliphatic carbocycles. The molecule has 0 amide bonds. The highest BCUT2D eigenvalue weighted by molar-refractivity contribution is 7.47. The smallest absolute Gasteiger partial charge is 0.462 e. The van der Waals surface area contributed by atoms with Gasteiger partial charge in [-0.2, -0.15) is 0 Å². The van der Waals surface area contributed by atoms with E-state index in [9.17, 15) is 19.0 Å². The minimum Gasteiger partial charge on any atom is -0.462 e. The van der Waals surface area contributed by atoms with Crippen LogP contribution in [-0.2, 0) is 32.7 Å². The third-order valence-corrected chi connectivity index (χ3v) is 11.5. The van der Waals surface area contributed by atoms with Crippen molar-refractivity contribution in [2.75, 3.05) is 47.5 Å². The van der Waals surface area contributed by atoms with E-state index >= 15 is 0 Å². The molecule has 1 N–H and O–H groups in total. The first-order valence-corrected chi connectivity index (χ1v) is 27.8. The average Bonchev–Trinajstić information content (AvgIpc) is 3.30. The number of phosphoric acid groups is 1. The van der Waals surface area contributed by atoms with Gasteiger partial charge in [0.05, 0.1) is 27.7 Å². The summed E-state index contributed by atoms with van der Waals surface area (Å²) in [5.41, 5.74) is 0. The van der Waals surface area contributed by atoms with E-state index in [1.54, 1.807) is 0 Å². The molecular formula is C58H97NO8P+. The third kappa shape index (κ3) is 51.8. The van der Waals surface area contributed by atoms with E-state index in [0.29, 0.717) is 17.4 Å². The van der Waals surface area contributed by atoms with Crippen LogP contribution in [0.5, 0.6) is 0 Å². The number of hydrogen-bond donors (Lipinski definition) is 1. The van der Waals surface area contributed by atoms with E-state index in [2.05, 4.69) is 135 Å². The van der Waals surface area contributed by atoms with Gasteiger partial charge in [-0.3, -0.25) is 18.6 Å². The maximum absolute atomic E-state index is 12.8. The van der Waals surface area contributed by atoms with Gasteiger partial charge in [0.1, 0.15) is 19.8 Å². The standard InChI is InChI=1S/C58H96NO8P/c1-6-8-10-12-14-16-18-20-21-22-23-24-25-26-27-28-29-30-31-32-33-34-35-36-37-39-41-43-45-47-49-51-58(61)67-56(55-66-68(62,63)65-53-52-59(3,4)5)54-64-57(60)50-48-46-44-42-40-38-19-17-15-13-11-9-7-2/h8,10,14,16-17,19-21,23-24,26-27,29-30,32-33,35-36,39,41,56H,6-7,9,11-13,15,18,22,25,28,31,34,37-38,40,42-55H2,1-5H3/p+1/b10-8-,16-14-,19-17-,21-20-,24-23-,27-26-,30-29-,33-32-,36-35-,41-39-. The van der Waals surface area contributed by atoms with Crippen LogP contribution in [0.3, 0.4) is 0 Å². The molecule has 0 saturated carbocycles. The molecule has 0 heterocycles. The highest BCUT2D eigenvalue weighted by atomic mass is 31.2. The summed E-state index contributed by atoms with van der Waals surface area (Å²) in [5.74, 6) is -0.858. The molecule has 2 unspecified atom stereocenters. The van der Waals surface area contributed by atoms with Crippen molar-refractivity contribution in [1.82, 2.24) is 0 Å². The van der Waals surface area contributed by atoms with Crippen LogP contribution >= 0.6 is 7.82 Å². The summed E-state index contributed by atoms with van der Waals surface area (Å²) in [5, 5.41) is 0. The number of quaternary nitrogens is 1. The van der Waals surface area contributed by atoms with E-state index in [4.69, 9.17) is 18.5 Å². The van der Waals surface area contributed by atoms with Gasteiger partial charge in [0, 0.05) is 12.8 Å². The maximum atomic E-state index is 12.8. The van der Waals surface area contributed by atoms with Crippen LogP contribution in [0.15, 0.2) is 122 Å². The van der Waals surface area contributed by atoms with Gasteiger partial charge in [0.25, 0.3) is 0 Å². The van der Waals surface area contributed by atoms with Crippen LogP contribution in [0, 0.1) is 0 Å². The molecule has 9 nitrogen and oxygen atoms in total. The molecule has 0 aromatic heterocycles. The van der Waals surface area contributed by atoms with Crippen molar-refractivity contribution in [2.45, 2.75) is 187 Å². The molecule has 0 saturated heterocycles. The summed E-state index contributed by atoms with van der Waals surface area (Å²) in [6.45, 7) is 4.22. The summed E-state index contributed by atoms with van der Waals surface area (Å²) in [6.07, 6.45) is 68.3. The number of nitrogens with zero attached hydrogens (tertiary/aromatic N) is 1. The van der Waals surface area contributed by atoms with Crippen LogP contribution in [0.4, 0.5) is 0 Å². The Hall–Kier alpha value is -3.59. The SMILES string of the molecule is CC/C=C\C/C=C\C/C=C\C/C=C\C/C=C\C/C=C\C/C=C\C/C=C\C/C=C\CCCCCC(=O)OC(COC(=O)CCCCCCC/C=C\CCCCCC)COP(=O)(O)OCC[N+](C)(C)C. The Kier molecular flexibility index (Phi) is 45.9. The van der Waals surface area contributed by atoms with Crippen molar-refractivity contribution >= 4 is 19.8 Å². The minimum absolute atomic E-state index is 0.0167. The fourth-order valence-corrected chi connectivity index (χ4v) is 7.15. The van der Waals surface area contributed by atoms with Crippen molar-refractivity contribution in [1.29, 1.82) is 0 Å². The van der Waals surface area contributed by atoms with Gasteiger partial charge < -0.3 is 18.9 Å². The van der Waals surface area contributed by atoms with Crippen molar-refractivity contribution in [3.63, 3.8) is 0 Å². The molecule has 0 rings (SSSR count). The molecule has 0 aromatic carbocycles. The fraction of sp³-hybridized carbons (Fsp3) is 0.621. The minimum atomic E-state index is -4.40. The second-order valence-corrected chi connectivity index (χ2v) is 19.6. The zero-order valence-electron chi connectivity index (χ0n) is 43.5. The Morgan fingerprint density at radius 2 is 0.838 bits per heavy atom. The zero-order valence-corrected chi connectivity index (χ0v) is 44.4. The van der Waals surface area contributed by atoms with Crippen LogP contribution in [0.2, 0.25) is 0 Å². The van der Waals surface area contributed by atoms with Crippen molar-refractivity contribution < 1.29 is 42.1 Å². The summed E-state index contributed by atoms with van der Waals surface area (Å²) >= 11 is 0. The number of rotatable bonds is 46. The van der Waals surface area contributed by atoms with Gasteiger partial charge in [-0.15, -0.1) is 0 Å². The van der Waals surface area contributed by atoms with Crippen LogP contribution in [0.1, 0.15) is 181 Å². The predicted octanol–water partition coefficient (Wildman–Crippen LogP) is 16.0. The topological polar surface area (TPSA) is 108 Å². The molecule has 0 radical (unpaired) electrons. The normalized spacial score (nSPS) is 14.4. The Morgan fingerprint density at radius 3 is 1.28 bits per heavy atom. The molecule has 0 spiro atoms. The van der Waals surface area contributed by atoms with Gasteiger partial charge in [0.15, 0.2) is 6.10 Å². The lowest BCUT2D eigenvalue weighted by atomic mass is 10.1.